The highest BCUT2D eigenvalue weighted by molar-refractivity contribution is 5.78. The van der Waals surface area contributed by atoms with Crippen LogP contribution in [0.2, 0.25) is 0 Å². The first kappa shape index (κ1) is 18.1. The molecular formula is C21H26N2O3. The second-order valence-corrected chi connectivity index (χ2v) is 6.32. The molecule has 0 aromatic heterocycles. The maximum atomic E-state index is 12.5. The van der Waals surface area contributed by atoms with Crippen LogP contribution in [0.3, 0.4) is 0 Å². The Kier molecular flexibility index (Phi) is 6.00. The normalized spacial score (nSPS) is 14.2. The van der Waals surface area contributed by atoms with Gasteiger partial charge in [-0.25, -0.2) is 0 Å². The molecule has 0 atom stereocenters. The van der Waals surface area contributed by atoms with Gasteiger partial charge in [-0.1, -0.05) is 31.2 Å². The Balaban J connectivity index is 1.52. The molecule has 2 aromatic rings. The molecule has 0 spiro atoms. The van der Waals surface area contributed by atoms with Gasteiger partial charge in [-0.15, -0.1) is 0 Å². The molecule has 1 amide bonds. The second-order valence-electron chi connectivity index (χ2n) is 6.32. The van der Waals surface area contributed by atoms with E-state index in [4.69, 9.17) is 9.47 Å². The molecule has 26 heavy (non-hydrogen) atoms. The molecule has 1 aliphatic rings. The molecule has 1 aliphatic heterocycles. The Bertz CT molecular complexity index is 740. The van der Waals surface area contributed by atoms with E-state index in [9.17, 15) is 4.79 Å². The molecule has 1 heterocycles. The smallest absolute Gasteiger partial charge is 0.260 e. The topological polar surface area (TPSA) is 42.0 Å². The largest absolute Gasteiger partial charge is 0.497 e. The zero-order valence-electron chi connectivity index (χ0n) is 15.5. The number of methoxy groups -OCH3 is 1. The average Bonchev–Trinajstić information content (AvgIpc) is 2.72. The number of nitrogens with zero attached hydrogens (tertiary/aromatic N) is 2. The highest BCUT2D eigenvalue weighted by atomic mass is 16.5. The molecule has 0 radical (unpaired) electrons. The number of aryl methyl sites for hydroxylation is 1. The summed E-state index contributed by atoms with van der Waals surface area (Å²) in [5, 5.41) is 0. The van der Waals surface area contributed by atoms with Crippen molar-refractivity contribution in [3.63, 3.8) is 0 Å². The summed E-state index contributed by atoms with van der Waals surface area (Å²) >= 11 is 0. The summed E-state index contributed by atoms with van der Waals surface area (Å²) in [5.41, 5.74) is 2.26. The lowest BCUT2D eigenvalue weighted by atomic mass is 10.1. The van der Waals surface area contributed by atoms with Crippen LogP contribution in [0.4, 0.5) is 5.69 Å². The number of benzene rings is 2. The summed E-state index contributed by atoms with van der Waals surface area (Å²) in [6.45, 7) is 5.20. The molecule has 0 aliphatic carbocycles. The number of carbonyl (C=O) groups excluding carboxylic acids is 1. The van der Waals surface area contributed by atoms with Crippen LogP contribution in [0, 0.1) is 0 Å². The van der Waals surface area contributed by atoms with Gasteiger partial charge in [-0.05, 0) is 30.2 Å². The highest BCUT2D eigenvalue weighted by Gasteiger charge is 2.22. The minimum absolute atomic E-state index is 0.0428. The molecular weight excluding hydrogens is 328 g/mol. The number of hydrogen-bond acceptors (Lipinski definition) is 4. The Morgan fingerprint density at radius 2 is 1.81 bits per heavy atom. The summed E-state index contributed by atoms with van der Waals surface area (Å²) < 4.78 is 11.1. The van der Waals surface area contributed by atoms with Crippen molar-refractivity contribution in [3.05, 3.63) is 54.1 Å². The van der Waals surface area contributed by atoms with Crippen molar-refractivity contribution in [2.75, 3.05) is 44.8 Å². The van der Waals surface area contributed by atoms with Crippen molar-refractivity contribution in [1.82, 2.24) is 4.90 Å². The molecule has 5 nitrogen and oxygen atoms in total. The van der Waals surface area contributed by atoms with Crippen molar-refractivity contribution in [1.29, 1.82) is 0 Å². The minimum Gasteiger partial charge on any atom is -0.497 e. The second kappa shape index (κ2) is 8.61. The monoisotopic (exact) mass is 354 g/mol. The fourth-order valence-corrected chi connectivity index (χ4v) is 3.19. The summed E-state index contributed by atoms with van der Waals surface area (Å²) in [5.74, 6) is 1.70. The van der Waals surface area contributed by atoms with E-state index in [2.05, 4.69) is 17.9 Å². The average molecular weight is 354 g/mol. The quantitative estimate of drug-likeness (QED) is 0.800. The van der Waals surface area contributed by atoms with Gasteiger partial charge in [0.05, 0.1) is 7.11 Å². The van der Waals surface area contributed by atoms with Crippen LogP contribution in [0.5, 0.6) is 11.5 Å². The van der Waals surface area contributed by atoms with E-state index in [1.54, 1.807) is 7.11 Å². The summed E-state index contributed by atoms with van der Waals surface area (Å²) in [6.07, 6.45) is 0.892. The van der Waals surface area contributed by atoms with Crippen LogP contribution in [0.15, 0.2) is 48.5 Å². The summed E-state index contributed by atoms with van der Waals surface area (Å²) in [6, 6.07) is 15.9. The fourth-order valence-electron chi connectivity index (χ4n) is 3.19. The van der Waals surface area contributed by atoms with Crippen molar-refractivity contribution in [2.45, 2.75) is 13.3 Å². The first-order valence-electron chi connectivity index (χ1n) is 9.08. The Labute approximate surface area is 155 Å². The Hall–Kier alpha value is -2.69. The first-order chi connectivity index (χ1) is 12.7. The van der Waals surface area contributed by atoms with Gasteiger partial charge in [0.15, 0.2) is 6.61 Å². The van der Waals surface area contributed by atoms with Gasteiger partial charge in [0.25, 0.3) is 5.91 Å². The lowest BCUT2D eigenvalue weighted by molar-refractivity contribution is -0.133. The first-order valence-corrected chi connectivity index (χ1v) is 9.08. The Morgan fingerprint density at radius 1 is 1.04 bits per heavy atom. The predicted molar refractivity (Wildman–Crippen MR) is 103 cm³/mol. The van der Waals surface area contributed by atoms with E-state index in [0.717, 1.165) is 42.3 Å². The molecule has 0 saturated carbocycles. The minimum atomic E-state index is 0.0428. The number of anilines is 1. The van der Waals surface area contributed by atoms with Gasteiger partial charge < -0.3 is 19.3 Å². The maximum absolute atomic E-state index is 12.5. The maximum Gasteiger partial charge on any atom is 0.260 e. The van der Waals surface area contributed by atoms with E-state index < -0.39 is 0 Å². The summed E-state index contributed by atoms with van der Waals surface area (Å²) in [4.78, 5) is 16.6. The van der Waals surface area contributed by atoms with E-state index in [1.165, 1.54) is 0 Å². The summed E-state index contributed by atoms with van der Waals surface area (Å²) in [7, 11) is 1.67. The third kappa shape index (κ3) is 4.28. The molecule has 1 saturated heterocycles. The zero-order chi connectivity index (χ0) is 18.4. The molecule has 2 aromatic carbocycles. The molecule has 0 bridgehead atoms. The van der Waals surface area contributed by atoms with E-state index >= 15 is 0 Å². The van der Waals surface area contributed by atoms with Crippen LogP contribution in [0.1, 0.15) is 12.5 Å². The van der Waals surface area contributed by atoms with Crippen molar-refractivity contribution < 1.29 is 14.3 Å². The number of hydrogen-bond donors (Lipinski definition) is 0. The highest BCUT2D eigenvalue weighted by Crippen LogP contribution is 2.22. The van der Waals surface area contributed by atoms with Crippen LogP contribution in [-0.4, -0.2) is 50.7 Å². The fraction of sp³-hybridized carbons (Fsp3) is 0.381. The molecule has 3 rings (SSSR count). The lowest BCUT2D eigenvalue weighted by Gasteiger charge is -2.36. The van der Waals surface area contributed by atoms with Crippen LogP contribution in [0.25, 0.3) is 0 Å². The van der Waals surface area contributed by atoms with Crippen molar-refractivity contribution in [3.8, 4) is 11.5 Å². The Morgan fingerprint density at radius 3 is 2.54 bits per heavy atom. The lowest BCUT2D eigenvalue weighted by Crippen LogP contribution is -2.50. The van der Waals surface area contributed by atoms with E-state index in [1.807, 2.05) is 47.4 Å². The van der Waals surface area contributed by atoms with Crippen molar-refractivity contribution in [2.24, 2.45) is 0 Å². The van der Waals surface area contributed by atoms with Crippen LogP contribution in [-0.2, 0) is 11.2 Å². The number of para-hydroxylation sites is 1. The number of piperazine rings is 1. The molecule has 0 N–H and O–H groups in total. The molecule has 5 heteroatoms. The van der Waals surface area contributed by atoms with Gasteiger partial charge in [0.1, 0.15) is 11.5 Å². The predicted octanol–water partition coefficient (Wildman–Crippen LogP) is 2.99. The number of carbonyl (C=O) groups is 1. The van der Waals surface area contributed by atoms with E-state index in [-0.39, 0.29) is 12.5 Å². The van der Waals surface area contributed by atoms with Crippen molar-refractivity contribution >= 4 is 11.6 Å². The van der Waals surface area contributed by atoms with Gasteiger partial charge in [-0.2, -0.15) is 0 Å². The standard InChI is InChI=1S/C21H26N2O3/c1-3-17-7-4-5-10-20(17)26-16-21(24)23-13-11-22(12-14-23)18-8-6-9-19(15-18)25-2/h4-10,15H,3,11-14,16H2,1-2H3. The van der Waals surface area contributed by atoms with E-state index in [0.29, 0.717) is 13.1 Å². The molecule has 1 fully saturated rings. The van der Waals surface area contributed by atoms with Gasteiger partial charge in [0, 0.05) is 37.9 Å². The molecule has 138 valence electrons. The number of ether oxygens (including phenoxy) is 2. The zero-order valence-corrected chi connectivity index (χ0v) is 15.5. The van der Waals surface area contributed by atoms with Crippen LogP contribution < -0.4 is 14.4 Å². The van der Waals surface area contributed by atoms with Gasteiger partial charge in [-0.3, -0.25) is 4.79 Å². The number of amides is 1. The SMILES string of the molecule is CCc1ccccc1OCC(=O)N1CCN(c2cccc(OC)c2)CC1. The molecule has 0 unspecified atom stereocenters. The van der Waals surface area contributed by atoms with Gasteiger partial charge >= 0.3 is 0 Å². The van der Waals surface area contributed by atoms with Gasteiger partial charge in [0.2, 0.25) is 0 Å². The third-order valence-electron chi connectivity index (χ3n) is 4.76. The van der Waals surface area contributed by atoms with Crippen LogP contribution >= 0.6 is 0 Å². The third-order valence-corrected chi connectivity index (χ3v) is 4.76. The number of rotatable bonds is 6.